The summed E-state index contributed by atoms with van der Waals surface area (Å²) in [5.74, 6) is 0.0914. The fraction of sp³-hybridized carbons (Fsp3) is 0.143. The number of hydrogen-bond acceptors (Lipinski definition) is 2. The zero-order valence-electron chi connectivity index (χ0n) is 5.77. The molecule has 0 aliphatic carbocycles. The summed E-state index contributed by atoms with van der Waals surface area (Å²) in [5.41, 5.74) is 0. The van der Waals surface area contributed by atoms with Gasteiger partial charge in [0.05, 0.1) is 11.6 Å². The normalized spacial score (nSPS) is 9.82. The second-order valence-corrected chi connectivity index (χ2v) is 3.27. The van der Waals surface area contributed by atoms with E-state index in [1.807, 2.05) is 0 Å². The minimum atomic E-state index is -0.381. The molecule has 4 heteroatoms. The molecule has 1 rings (SSSR count). The molecule has 0 unspecified atom stereocenters. The number of rotatable bonds is 1. The summed E-state index contributed by atoms with van der Waals surface area (Å²) in [7, 11) is 1.48. The molecule has 0 fully saturated rings. The Morgan fingerprint density at radius 3 is 2.73 bits per heavy atom. The molecule has 0 spiro atoms. The van der Waals surface area contributed by atoms with E-state index in [0.29, 0.717) is 15.1 Å². The highest BCUT2D eigenvalue weighted by atomic mass is 79.9. The SMILES string of the molecule is COc1cc(F)c(S)cc1Br. The van der Waals surface area contributed by atoms with Gasteiger partial charge in [0.2, 0.25) is 0 Å². The molecule has 0 amide bonds. The lowest BCUT2D eigenvalue weighted by atomic mass is 10.3. The molecule has 0 heterocycles. The van der Waals surface area contributed by atoms with Crippen LogP contribution in [0.1, 0.15) is 0 Å². The topological polar surface area (TPSA) is 9.23 Å². The first kappa shape index (κ1) is 8.87. The molecule has 1 aromatic carbocycles. The Morgan fingerprint density at radius 2 is 2.18 bits per heavy atom. The van der Waals surface area contributed by atoms with Crippen LogP contribution in [0.2, 0.25) is 0 Å². The van der Waals surface area contributed by atoms with Gasteiger partial charge in [0, 0.05) is 11.0 Å². The Hall–Kier alpha value is -0.220. The number of hydrogen-bond donors (Lipinski definition) is 1. The van der Waals surface area contributed by atoms with E-state index in [-0.39, 0.29) is 5.82 Å². The molecule has 0 bridgehead atoms. The standard InChI is InChI=1S/C7H6BrFOS/c1-10-6-3-5(9)7(11)2-4(6)8/h2-3,11H,1H3. The van der Waals surface area contributed by atoms with Gasteiger partial charge in [-0.3, -0.25) is 0 Å². The van der Waals surface area contributed by atoms with E-state index in [1.54, 1.807) is 6.07 Å². The highest BCUT2D eigenvalue weighted by molar-refractivity contribution is 9.10. The lowest BCUT2D eigenvalue weighted by Gasteiger charge is -2.03. The summed E-state index contributed by atoms with van der Waals surface area (Å²) in [4.78, 5) is 0.303. The van der Waals surface area contributed by atoms with E-state index in [9.17, 15) is 4.39 Å². The van der Waals surface area contributed by atoms with E-state index in [1.165, 1.54) is 13.2 Å². The van der Waals surface area contributed by atoms with Crippen LogP contribution in [0.3, 0.4) is 0 Å². The number of methoxy groups -OCH3 is 1. The van der Waals surface area contributed by atoms with Crippen molar-refractivity contribution in [1.29, 1.82) is 0 Å². The molecule has 0 aliphatic heterocycles. The minimum absolute atomic E-state index is 0.303. The van der Waals surface area contributed by atoms with Gasteiger partial charge in [-0.2, -0.15) is 0 Å². The van der Waals surface area contributed by atoms with Gasteiger partial charge in [-0.1, -0.05) is 0 Å². The van der Waals surface area contributed by atoms with Crippen LogP contribution in [-0.2, 0) is 0 Å². The maximum atomic E-state index is 12.8. The van der Waals surface area contributed by atoms with Crippen LogP contribution in [0.4, 0.5) is 4.39 Å². The zero-order chi connectivity index (χ0) is 8.43. The highest BCUT2D eigenvalue weighted by Crippen LogP contribution is 2.29. The van der Waals surface area contributed by atoms with Gasteiger partial charge >= 0.3 is 0 Å². The van der Waals surface area contributed by atoms with Gasteiger partial charge in [0.1, 0.15) is 11.6 Å². The summed E-state index contributed by atoms with van der Waals surface area (Å²) in [6, 6.07) is 2.84. The van der Waals surface area contributed by atoms with E-state index >= 15 is 0 Å². The Bertz CT molecular complexity index is 277. The fourth-order valence-corrected chi connectivity index (χ4v) is 1.55. The Labute approximate surface area is 78.1 Å². The molecule has 0 N–H and O–H groups in total. The van der Waals surface area contributed by atoms with Crippen LogP contribution in [0, 0.1) is 5.82 Å². The molecule has 1 aromatic rings. The zero-order valence-corrected chi connectivity index (χ0v) is 8.25. The molecular formula is C7H6BrFOS. The Balaban J connectivity index is 3.21. The van der Waals surface area contributed by atoms with Gasteiger partial charge in [0.25, 0.3) is 0 Å². The Morgan fingerprint density at radius 1 is 1.55 bits per heavy atom. The third-order valence-corrected chi connectivity index (χ3v) is 2.18. The monoisotopic (exact) mass is 236 g/mol. The predicted octanol–water partition coefficient (Wildman–Crippen LogP) is 2.89. The van der Waals surface area contributed by atoms with E-state index in [0.717, 1.165) is 0 Å². The van der Waals surface area contributed by atoms with Crippen molar-refractivity contribution in [3.63, 3.8) is 0 Å². The summed E-state index contributed by atoms with van der Waals surface area (Å²) in [6.45, 7) is 0. The maximum absolute atomic E-state index is 12.8. The molecule has 60 valence electrons. The first-order valence-electron chi connectivity index (χ1n) is 2.87. The highest BCUT2D eigenvalue weighted by Gasteiger charge is 2.04. The molecule has 0 saturated heterocycles. The Kier molecular flexibility index (Phi) is 2.78. The molecule has 1 nitrogen and oxygen atoms in total. The van der Waals surface area contributed by atoms with Crippen LogP contribution in [0.5, 0.6) is 5.75 Å². The van der Waals surface area contributed by atoms with Gasteiger partial charge in [0.15, 0.2) is 0 Å². The van der Waals surface area contributed by atoms with E-state index in [2.05, 4.69) is 28.6 Å². The van der Waals surface area contributed by atoms with Gasteiger partial charge in [-0.25, -0.2) is 4.39 Å². The van der Waals surface area contributed by atoms with Crippen LogP contribution in [-0.4, -0.2) is 7.11 Å². The second kappa shape index (κ2) is 3.45. The van der Waals surface area contributed by atoms with Gasteiger partial charge in [-0.05, 0) is 22.0 Å². The van der Waals surface area contributed by atoms with Crippen LogP contribution >= 0.6 is 28.6 Å². The van der Waals surface area contributed by atoms with Crippen molar-refractivity contribution in [2.45, 2.75) is 4.90 Å². The van der Waals surface area contributed by atoms with Gasteiger partial charge < -0.3 is 4.74 Å². The van der Waals surface area contributed by atoms with Crippen molar-refractivity contribution in [3.8, 4) is 5.75 Å². The van der Waals surface area contributed by atoms with E-state index < -0.39 is 0 Å². The lowest BCUT2D eigenvalue weighted by Crippen LogP contribution is -1.86. The maximum Gasteiger partial charge on any atom is 0.140 e. The molecule has 0 radical (unpaired) electrons. The third-order valence-electron chi connectivity index (χ3n) is 1.22. The van der Waals surface area contributed by atoms with Gasteiger partial charge in [-0.15, -0.1) is 12.6 Å². The minimum Gasteiger partial charge on any atom is -0.495 e. The largest absolute Gasteiger partial charge is 0.495 e. The molecule has 0 aliphatic rings. The van der Waals surface area contributed by atoms with Crippen LogP contribution in [0.15, 0.2) is 21.5 Å². The second-order valence-electron chi connectivity index (χ2n) is 1.94. The van der Waals surface area contributed by atoms with Crippen molar-refractivity contribution in [3.05, 3.63) is 22.4 Å². The lowest BCUT2D eigenvalue weighted by molar-refractivity contribution is 0.407. The fourth-order valence-electron chi connectivity index (χ4n) is 0.675. The number of halogens is 2. The first-order valence-corrected chi connectivity index (χ1v) is 4.11. The van der Waals surface area contributed by atoms with Crippen LogP contribution in [0.25, 0.3) is 0 Å². The first-order chi connectivity index (χ1) is 5.15. The third kappa shape index (κ3) is 1.87. The van der Waals surface area contributed by atoms with Crippen LogP contribution < -0.4 is 4.74 Å². The summed E-state index contributed by atoms with van der Waals surface area (Å²) in [6.07, 6.45) is 0. The van der Waals surface area contributed by atoms with Crippen molar-refractivity contribution in [2.75, 3.05) is 7.11 Å². The summed E-state index contributed by atoms with van der Waals surface area (Å²) < 4.78 is 18.3. The summed E-state index contributed by atoms with van der Waals surface area (Å²) in [5, 5.41) is 0. The van der Waals surface area contributed by atoms with Crippen molar-refractivity contribution in [1.82, 2.24) is 0 Å². The molecule has 0 atom stereocenters. The molecular weight excluding hydrogens is 231 g/mol. The van der Waals surface area contributed by atoms with E-state index in [4.69, 9.17) is 4.74 Å². The quantitative estimate of drug-likeness (QED) is 0.739. The average molecular weight is 237 g/mol. The average Bonchev–Trinajstić information content (AvgIpc) is 1.97. The summed E-state index contributed by atoms with van der Waals surface area (Å²) >= 11 is 7.09. The van der Waals surface area contributed by atoms with Crippen molar-refractivity contribution >= 4 is 28.6 Å². The predicted molar refractivity (Wildman–Crippen MR) is 47.9 cm³/mol. The smallest absolute Gasteiger partial charge is 0.140 e. The number of thiol groups is 1. The molecule has 0 saturated carbocycles. The van der Waals surface area contributed by atoms with Crippen molar-refractivity contribution in [2.24, 2.45) is 0 Å². The van der Waals surface area contributed by atoms with Crippen molar-refractivity contribution < 1.29 is 9.13 Å². The molecule has 11 heavy (non-hydrogen) atoms. The number of benzene rings is 1. The molecule has 0 aromatic heterocycles. The number of ether oxygens (including phenoxy) is 1.